The number of hydrogen-bond acceptors (Lipinski definition) is 4. The number of nitrogens with zero attached hydrogens (tertiary/aromatic N) is 3. The fourth-order valence-corrected chi connectivity index (χ4v) is 2.62. The molecule has 0 amide bonds. The Morgan fingerprint density at radius 3 is 2.89 bits per heavy atom. The van der Waals surface area contributed by atoms with E-state index in [4.69, 9.17) is 5.11 Å². The molecule has 3 unspecified atom stereocenters. The molecule has 0 radical (unpaired) electrons. The van der Waals surface area contributed by atoms with Gasteiger partial charge in [-0.25, -0.2) is 4.79 Å². The van der Waals surface area contributed by atoms with Crippen molar-refractivity contribution in [2.24, 2.45) is 11.8 Å². The van der Waals surface area contributed by atoms with Gasteiger partial charge in [-0.2, -0.15) is 0 Å². The lowest BCUT2D eigenvalue weighted by molar-refractivity contribution is 0.0690. The standard InChI is InChI=1S/C13H22N4O2/c1-9-3-4-11(7-10(9)2)14-5-6-17-8-12(13(18)19)15-16-17/h8-11,14H,3-7H2,1-2H3,(H,18,19). The molecule has 0 bridgehead atoms. The van der Waals surface area contributed by atoms with E-state index in [1.165, 1.54) is 25.5 Å². The number of hydrogen-bond donors (Lipinski definition) is 2. The fourth-order valence-electron chi connectivity index (χ4n) is 2.62. The van der Waals surface area contributed by atoms with Crippen LogP contribution in [0.15, 0.2) is 6.20 Å². The lowest BCUT2D eigenvalue weighted by atomic mass is 9.79. The number of rotatable bonds is 5. The van der Waals surface area contributed by atoms with E-state index in [1.54, 1.807) is 4.68 Å². The van der Waals surface area contributed by atoms with Gasteiger partial charge < -0.3 is 10.4 Å². The Labute approximate surface area is 113 Å². The van der Waals surface area contributed by atoms with Crippen LogP contribution in [0.4, 0.5) is 0 Å². The smallest absolute Gasteiger partial charge is 0.358 e. The molecule has 6 heteroatoms. The summed E-state index contributed by atoms with van der Waals surface area (Å²) in [5.74, 6) is 0.567. The molecule has 0 spiro atoms. The van der Waals surface area contributed by atoms with Gasteiger partial charge in [-0.3, -0.25) is 4.68 Å². The molecule has 1 aliphatic carbocycles. The average Bonchev–Trinajstić information content (AvgIpc) is 2.83. The van der Waals surface area contributed by atoms with Crippen LogP contribution in [0.1, 0.15) is 43.6 Å². The molecule has 1 aliphatic rings. The molecule has 2 rings (SSSR count). The maximum atomic E-state index is 10.7. The van der Waals surface area contributed by atoms with Crippen molar-refractivity contribution in [2.45, 2.75) is 45.7 Å². The van der Waals surface area contributed by atoms with Crippen LogP contribution < -0.4 is 5.32 Å². The van der Waals surface area contributed by atoms with Crippen LogP contribution in [0.3, 0.4) is 0 Å². The largest absolute Gasteiger partial charge is 0.476 e. The van der Waals surface area contributed by atoms with Gasteiger partial charge in [0.25, 0.3) is 0 Å². The van der Waals surface area contributed by atoms with E-state index >= 15 is 0 Å². The third kappa shape index (κ3) is 3.76. The monoisotopic (exact) mass is 266 g/mol. The van der Waals surface area contributed by atoms with E-state index in [2.05, 4.69) is 29.5 Å². The number of carboxylic acids is 1. The topological polar surface area (TPSA) is 80.0 Å². The third-order valence-corrected chi connectivity index (χ3v) is 4.13. The minimum atomic E-state index is -1.03. The molecular formula is C13H22N4O2. The second-order valence-electron chi connectivity index (χ2n) is 5.59. The first-order chi connectivity index (χ1) is 9.06. The van der Waals surface area contributed by atoms with Crippen molar-refractivity contribution >= 4 is 5.97 Å². The minimum Gasteiger partial charge on any atom is -0.476 e. The molecule has 6 nitrogen and oxygen atoms in total. The van der Waals surface area contributed by atoms with Crippen molar-refractivity contribution in [2.75, 3.05) is 6.54 Å². The molecule has 19 heavy (non-hydrogen) atoms. The van der Waals surface area contributed by atoms with E-state index in [-0.39, 0.29) is 5.69 Å². The van der Waals surface area contributed by atoms with Gasteiger partial charge in [0.1, 0.15) is 0 Å². The highest BCUT2D eigenvalue weighted by Crippen LogP contribution is 2.29. The van der Waals surface area contributed by atoms with Crippen molar-refractivity contribution in [3.8, 4) is 0 Å². The number of carboxylic acid groups (broad SMARTS) is 1. The summed E-state index contributed by atoms with van der Waals surface area (Å²) in [5.41, 5.74) is 0.000105. The summed E-state index contributed by atoms with van der Waals surface area (Å²) in [4.78, 5) is 10.7. The molecule has 1 aromatic heterocycles. The van der Waals surface area contributed by atoms with Crippen molar-refractivity contribution in [3.05, 3.63) is 11.9 Å². The van der Waals surface area contributed by atoms with Gasteiger partial charge in [0.15, 0.2) is 5.69 Å². The molecule has 1 heterocycles. The van der Waals surface area contributed by atoms with Gasteiger partial charge in [-0.15, -0.1) is 5.10 Å². The number of aromatic nitrogens is 3. The Balaban J connectivity index is 1.72. The predicted molar refractivity (Wildman–Crippen MR) is 71.0 cm³/mol. The van der Waals surface area contributed by atoms with Gasteiger partial charge >= 0.3 is 5.97 Å². The van der Waals surface area contributed by atoms with Crippen LogP contribution >= 0.6 is 0 Å². The Morgan fingerprint density at radius 1 is 1.47 bits per heavy atom. The SMILES string of the molecule is CC1CCC(NCCn2cc(C(=O)O)nn2)CC1C. The first-order valence-electron chi connectivity index (χ1n) is 6.93. The molecule has 2 N–H and O–H groups in total. The van der Waals surface area contributed by atoms with Gasteiger partial charge in [0, 0.05) is 12.6 Å². The molecule has 1 fully saturated rings. The van der Waals surface area contributed by atoms with Crippen LogP contribution in [0, 0.1) is 11.8 Å². The molecule has 1 aromatic rings. The predicted octanol–water partition coefficient (Wildman–Crippen LogP) is 1.39. The molecule has 3 atom stereocenters. The van der Waals surface area contributed by atoms with Gasteiger partial charge in [0.05, 0.1) is 12.7 Å². The second-order valence-corrected chi connectivity index (χ2v) is 5.59. The van der Waals surface area contributed by atoms with Crippen LogP contribution in [-0.2, 0) is 6.54 Å². The number of carbonyl (C=O) groups is 1. The van der Waals surface area contributed by atoms with Gasteiger partial charge in [-0.05, 0) is 31.1 Å². The summed E-state index contributed by atoms with van der Waals surface area (Å²) >= 11 is 0. The van der Waals surface area contributed by atoms with E-state index < -0.39 is 5.97 Å². The fraction of sp³-hybridized carbons (Fsp3) is 0.769. The van der Waals surface area contributed by atoms with Crippen molar-refractivity contribution in [3.63, 3.8) is 0 Å². The Bertz CT molecular complexity index is 432. The Morgan fingerprint density at radius 2 is 2.26 bits per heavy atom. The molecule has 1 saturated carbocycles. The lowest BCUT2D eigenvalue weighted by Crippen LogP contribution is -2.37. The van der Waals surface area contributed by atoms with E-state index in [9.17, 15) is 4.79 Å². The molecule has 106 valence electrons. The Hall–Kier alpha value is -1.43. The van der Waals surface area contributed by atoms with Crippen LogP contribution in [0.2, 0.25) is 0 Å². The van der Waals surface area contributed by atoms with Crippen molar-refractivity contribution < 1.29 is 9.90 Å². The maximum Gasteiger partial charge on any atom is 0.358 e. The highest BCUT2D eigenvalue weighted by Gasteiger charge is 2.23. The zero-order valence-corrected chi connectivity index (χ0v) is 11.5. The number of aromatic carboxylic acids is 1. The normalized spacial score (nSPS) is 27.4. The van der Waals surface area contributed by atoms with Crippen LogP contribution in [-0.4, -0.2) is 38.7 Å². The van der Waals surface area contributed by atoms with Crippen molar-refractivity contribution in [1.29, 1.82) is 0 Å². The summed E-state index contributed by atoms with van der Waals surface area (Å²) in [6, 6.07) is 0.577. The Kier molecular flexibility index (Phi) is 4.52. The molecule has 0 aliphatic heterocycles. The van der Waals surface area contributed by atoms with Crippen LogP contribution in [0.5, 0.6) is 0 Å². The average molecular weight is 266 g/mol. The number of nitrogens with one attached hydrogen (secondary N) is 1. The zero-order valence-electron chi connectivity index (χ0n) is 11.5. The maximum absolute atomic E-state index is 10.7. The summed E-state index contributed by atoms with van der Waals surface area (Å²) < 4.78 is 1.57. The minimum absolute atomic E-state index is 0.000105. The first-order valence-corrected chi connectivity index (χ1v) is 6.93. The highest BCUT2D eigenvalue weighted by molar-refractivity contribution is 5.84. The summed E-state index contributed by atoms with van der Waals surface area (Å²) in [5, 5.41) is 19.7. The van der Waals surface area contributed by atoms with Crippen molar-refractivity contribution in [1.82, 2.24) is 20.3 Å². The van der Waals surface area contributed by atoms with E-state index in [0.29, 0.717) is 12.6 Å². The molecule has 0 saturated heterocycles. The van der Waals surface area contributed by atoms with E-state index in [1.807, 2.05) is 0 Å². The second kappa shape index (κ2) is 6.14. The summed E-state index contributed by atoms with van der Waals surface area (Å²) in [7, 11) is 0. The summed E-state index contributed by atoms with van der Waals surface area (Å²) in [6.45, 7) is 6.09. The van der Waals surface area contributed by atoms with Gasteiger partial charge in [0.2, 0.25) is 0 Å². The highest BCUT2D eigenvalue weighted by atomic mass is 16.4. The van der Waals surface area contributed by atoms with Crippen LogP contribution in [0.25, 0.3) is 0 Å². The summed E-state index contributed by atoms with van der Waals surface area (Å²) in [6.07, 6.45) is 5.20. The van der Waals surface area contributed by atoms with Gasteiger partial charge in [-0.1, -0.05) is 19.1 Å². The molecular weight excluding hydrogens is 244 g/mol. The van der Waals surface area contributed by atoms with E-state index in [0.717, 1.165) is 18.4 Å². The third-order valence-electron chi connectivity index (χ3n) is 4.13. The first kappa shape index (κ1) is 14.0. The quantitative estimate of drug-likeness (QED) is 0.842. The zero-order chi connectivity index (χ0) is 13.8. The lowest BCUT2D eigenvalue weighted by Gasteiger charge is -2.32. The molecule has 0 aromatic carbocycles.